The molecule has 52 heavy (non-hydrogen) atoms. The average molecular weight is 713 g/mol. The van der Waals surface area contributed by atoms with Gasteiger partial charge in [0.1, 0.15) is 11.3 Å². The minimum Gasteiger partial charge on any atom is -0.507 e. The number of phenols is 1. The molecule has 3 saturated carbocycles. The van der Waals surface area contributed by atoms with E-state index in [1.165, 1.54) is 18.2 Å². The second-order valence-electron chi connectivity index (χ2n) is 15.2. The number of ketones is 2. The molecule has 8 unspecified atom stereocenters. The molecule has 1 aliphatic heterocycles. The van der Waals surface area contributed by atoms with Gasteiger partial charge in [-0.25, -0.2) is 4.79 Å². The van der Waals surface area contributed by atoms with Crippen LogP contribution in [0.4, 0.5) is 11.4 Å². The first-order valence-corrected chi connectivity index (χ1v) is 18.0. The summed E-state index contributed by atoms with van der Waals surface area (Å²) >= 11 is 0. The first-order valence-electron chi connectivity index (χ1n) is 18.0. The third-order valence-corrected chi connectivity index (χ3v) is 12.4. The minimum atomic E-state index is -1.41. The van der Waals surface area contributed by atoms with Crippen molar-refractivity contribution >= 4 is 34.9 Å². The quantitative estimate of drug-likeness (QED) is 0.186. The molecule has 3 N–H and O–H groups in total. The summed E-state index contributed by atoms with van der Waals surface area (Å²) in [5, 5.41) is 39.4. The lowest BCUT2D eigenvalue weighted by Gasteiger charge is -2.59. The maximum absolute atomic E-state index is 14.5. The Balaban J connectivity index is 1.09. The highest BCUT2D eigenvalue weighted by Crippen LogP contribution is 2.69. The lowest BCUT2D eigenvalue weighted by Crippen LogP contribution is -2.63. The van der Waals surface area contributed by atoms with Gasteiger partial charge in [-0.2, -0.15) is 10.2 Å². The highest BCUT2D eigenvalue weighted by Gasteiger charge is 2.75. The topological polar surface area (TPSA) is 181 Å². The molecule has 2 aromatic rings. The molecule has 4 fully saturated rings. The minimum absolute atomic E-state index is 0.00470. The molecule has 5 aliphatic rings. The van der Waals surface area contributed by atoms with E-state index in [2.05, 4.69) is 17.2 Å². The van der Waals surface area contributed by atoms with Gasteiger partial charge in [0.15, 0.2) is 24.3 Å². The van der Waals surface area contributed by atoms with E-state index in [1.807, 2.05) is 19.9 Å². The van der Waals surface area contributed by atoms with Crippen LogP contribution in [-0.4, -0.2) is 69.5 Å². The van der Waals surface area contributed by atoms with Crippen molar-refractivity contribution in [3.05, 3.63) is 77.4 Å². The molecule has 0 radical (unpaired) electrons. The Kier molecular flexibility index (Phi) is 9.29. The number of ether oxygens (including phenoxy) is 3. The van der Waals surface area contributed by atoms with Gasteiger partial charge in [0.25, 0.3) is 0 Å². The highest BCUT2D eigenvalue weighted by molar-refractivity contribution is 6.01. The Morgan fingerprint density at radius 3 is 2.65 bits per heavy atom. The standard InChI is InChI=1S/C40H44N2O10/c1-4-7-35-51-33-19-28-26-12-10-23-17-25(43)14-15-38(23,2)36(26)31(45)20-39(28,3)40(33,52-35)32(46)21-50-34(47)16-22-8-5-6-9-29(22)42-41-24-11-13-30(44)27(18-24)37(48)49/h5-6,8-9,11,13-15,17-18,26,28,31,33,35-36,44-45H,4,7,10,12,16,19-21H2,1-3H3,(H,48,49)/t26?,28?,31?,33?,35?,36?,38?,39?,40-/m1/s1. The van der Waals surface area contributed by atoms with Crippen LogP contribution >= 0.6 is 0 Å². The average Bonchev–Trinajstić information content (AvgIpc) is 3.59. The van der Waals surface area contributed by atoms with E-state index < -0.39 is 59.2 Å². The number of nitrogens with zero attached hydrogens (tertiary/aromatic N) is 2. The summed E-state index contributed by atoms with van der Waals surface area (Å²) in [6, 6.07) is 10.6. The largest absolute Gasteiger partial charge is 0.507 e. The van der Waals surface area contributed by atoms with E-state index in [-0.39, 0.29) is 47.0 Å². The van der Waals surface area contributed by atoms with Gasteiger partial charge in [-0.3, -0.25) is 14.4 Å². The molecule has 274 valence electrons. The van der Waals surface area contributed by atoms with Gasteiger partial charge >= 0.3 is 11.9 Å². The fourth-order valence-corrected chi connectivity index (χ4v) is 10.1. The van der Waals surface area contributed by atoms with Gasteiger partial charge in [-0.05, 0) is 85.9 Å². The summed E-state index contributed by atoms with van der Waals surface area (Å²) in [6.45, 7) is 5.61. The van der Waals surface area contributed by atoms with E-state index in [0.717, 1.165) is 24.8 Å². The van der Waals surface area contributed by atoms with Crippen molar-refractivity contribution in [1.29, 1.82) is 0 Å². The fraction of sp³-hybridized carbons (Fsp3) is 0.500. The number of benzene rings is 2. The predicted octanol–water partition coefficient (Wildman–Crippen LogP) is 6.33. The SMILES string of the molecule is CCCC1OC2CC3C4CCC5=CC(=O)C=CC5(C)C4C(O)CC3(C)[C@]2(C(=O)COC(=O)Cc2ccccc2N=Nc2ccc(O)c(C(=O)O)c2)O1. The van der Waals surface area contributed by atoms with Crippen molar-refractivity contribution in [3.8, 4) is 5.75 Å². The predicted molar refractivity (Wildman–Crippen MR) is 186 cm³/mol. The zero-order chi connectivity index (χ0) is 37.0. The number of carbonyl (C=O) groups is 4. The number of azo groups is 1. The van der Waals surface area contributed by atoms with Gasteiger partial charge in [0, 0.05) is 16.7 Å². The molecule has 0 aromatic heterocycles. The third kappa shape index (κ3) is 5.81. The van der Waals surface area contributed by atoms with Crippen molar-refractivity contribution in [2.24, 2.45) is 38.8 Å². The Morgan fingerprint density at radius 1 is 1.10 bits per heavy atom. The van der Waals surface area contributed by atoms with Crippen molar-refractivity contribution < 1.29 is 48.7 Å². The molecule has 0 spiro atoms. The molecule has 0 bridgehead atoms. The van der Waals surface area contributed by atoms with Crippen LogP contribution in [0, 0.1) is 28.6 Å². The highest BCUT2D eigenvalue weighted by atomic mass is 16.7. The maximum Gasteiger partial charge on any atom is 0.339 e. The summed E-state index contributed by atoms with van der Waals surface area (Å²) in [4.78, 5) is 51.5. The Bertz CT molecular complexity index is 1900. The molecule has 12 nitrogen and oxygen atoms in total. The van der Waals surface area contributed by atoms with E-state index in [1.54, 1.807) is 36.4 Å². The molecule has 7 rings (SSSR count). The number of aliphatic hydroxyl groups is 1. The number of carboxylic acids is 1. The number of hydrogen-bond donors (Lipinski definition) is 3. The van der Waals surface area contributed by atoms with E-state index in [9.17, 15) is 34.5 Å². The van der Waals surface area contributed by atoms with Crippen molar-refractivity contribution in [1.82, 2.24) is 0 Å². The third-order valence-electron chi connectivity index (χ3n) is 12.4. The summed E-state index contributed by atoms with van der Waals surface area (Å²) < 4.78 is 18.8. The van der Waals surface area contributed by atoms with Crippen LogP contribution < -0.4 is 0 Å². The number of aromatic hydroxyl groups is 1. The van der Waals surface area contributed by atoms with Crippen molar-refractivity contribution in [2.45, 2.75) is 89.8 Å². The second kappa shape index (κ2) is 13.5. The Morgan fingerprint density at radius 2 is 1.88 bits per heavy atom. The summed E-state index contributed by atoms with van der Waals surface area (Å²) in [5.74, 6) is -2.86. The number of aromatic carboxylic acids is 1. The number of Topliss-reactive ketones (excluding diaryl/α,β-unsaturated/α-hetero) is 1. The molecule has 2 aromatic carbocycles. The smallest absolute Gasteiger partial charge is 0.339 e. The maximum atomic E-state index is 14.5. The lowest BCUT2D eigenvalue weighted by molar-refractivity contribution is -0.201. The zero-order valence-electron chi connectivity index (χ0n) is 29.5. The number of rotatable bonds is 10. The van der Waals surface area contributed by atoms with E-state index in [4.69, 9.17) is 14.2 Å². The number of carbonyl (C=O) groups excluding carboxylic acids is 3. The van der Waals surface area contributed by atoms with Gasteiger partial charge in [0.2, 0.25) is 5.78 Å². The number of aliphatic hydroxyl groups excluding tert-OH is 1. The van der Waals surface area contributed by atoms with Crippen LogP contribution in [0.5, 0.6) is 5.75 Å². The molecule has 4 aliphatic carbocycles. The van der Waals surface area contributed by atoms with E-state index in [0.29, 0.717) is 30.5 Å². The lowest BCUT2D eigenvalue weighted by atomic mass is 9.46. The zero-order valence-corrected chi connectivity index (χ0v) is 29.5. The summed E-state index contributed by atoms with van der Waals surface area (Å²) in [7, 11) is 0. The van der Waals surface area contributed by atoms with Crippen molar-refractivity contribution in [2.75, 3.05) is 6.61 Å². The van der Waals surface area contributed by atoms with Gasteiger partial charge in [0.05, 0.1) is 30.0 Å². The Labute approximate surface area is 301 Å². The van der Waals surface area contributed by atoms with Crippen LogP contribution in [0.25, 0.3) is 0 Å². The van der Waals surface area contributed by atoms with Crippen molar-refractivity contribution in [3.63, 3.8) is 0 Å². The molecule has 1 heterocycles. The van der Waals surface area contributed by atoms with Crippen LogP contribution in [0.3, 0.4) is 0 Å². The van der Waals surface area contributed by atoms with Crippen LogP contribution in [0.2, 0.25) is 0 Å². The van der Waals surface area contributed by atoms with E-state index >= 15 is 0 Å². The number of allylic oxidation sites excluding steroid dienone is 4. The molecule has 9 atom stereocenters. The normalized spacial score (nSPS) is 34.6. The van der Waals surface area contributed by atoms with Crippen LogP contribution in [-0.2, 0) is 35.0 Å². The van der Waals surface area contributed by atoms with Crippen LogP contribution in [0.15, 0.2) is 76.5 Å². The molecular weight excluding hydrogens is 668 g/mol. The van der Waals surface area contributed by atoms with Gasteiger partial charge < -0.3 is 29.5 Å². The number of carboxylic acid groups (broad SMARTS) is 1. The number of hydrogen-bond acceptors (Lipinski definition) is 11. The Hall–Kier alpha value is -4.52. The molecule has 0 amide bonds. The molecule has 12 heteroatoms. The van der Waals surface area contributed by atoms with Gasteiger partial charge in [-0.1, -0.05) is 57.0 Å². The first-order chi connectivity index (χ1) is 24.8. The molecule has 1 saturated heterocycles. The number of esters is 1. The first kappa shape index (κ1) is 35.9. The summed E-state index contributed by atoms with van der Waals surface area (Å²) in [6.07, 6.45) is 6.91. The van der Waals surface area contributed by atoms with Gasteiger partial charge in [-0.15, -0.1) is 0 Å². The molecular formula is C40H44N2O10. The second-order valence-corrected chi connectivity index (χ2v) is 15.2. The van der Waals surface area contributed by atoms with Crippen LogP contribution in [0.1, 0.15) is 75.2 Å². The summed E-state index contributed by atoms with van der Waals surface area (Å²) in [5.41, 5.74) is -0.923. The number of fused-ring (bicyclic) bond motifs is 7. The fourth-order valence-electron chi connectivity index (χ4n) is 10.1. The monoisotopic (exact) mass is 712 g/mol.